The number of halogens is 1. The van der Waals surface area contributed by atoms with Gasteiger partial charge in [0.2, 0.25) is 0 Å². The van der Waals surface area contributed by atoms with Crippen molar-refractivity contribution in [2.45, 2.75) is 31.4 Å². The highest BCUT2D eigenvalue weighted by Gasteiger charge is 2.23. The molecule has 4 rings (SSSR count). The van der Waals surface area contributed by atoms with Gasteiger partial charge in [-0.1, -0.05) is 35.0 Å². The van der Waals surface area contributed by atoms with Crippen LogP contribution in [0.1, 0.15) is 25.2 Å². The maximum absolute atomic E-state index is 12.3. The summed E-state index contributed by atoms with van der Waals surface area (Å²) in [7, 11) is -3.22. The number of piperazine rings is 1. The zero-order chi connectivity index (χ0) is 22.7. The Morgan fingerprint density at radius 2 is 1.72 bits per heavy atom. The summed E-state index contributed by atoms with van der Waals surface area (Å²) in [5.74, 6) is 0.573. The summed E-state index contributed by atoms with van der Waals surface area (Å²) in [5.41, 5.74) is 2.42. The van der Waals surface area contributed by atoms with Gasteiger partial charge in [-0.15, -0.1) is 5.10 Å². The maximum atomic E-state index is 12.3. The minimum absolute atomic E-state index is 0.0775. The first-order chi connectivity index (χ1) is 15.3. The minimum Gasteiger partial charge on any atom is -0.353 e. The predicted molar refractivity (Wildman–Crippen MR) is 126 cm³/mol. The largest absolute Gasteiger partial charge is 0.353 e. The van der Waals surface area contributed by atoms with E-state index in [0.29, 0.717) is 23.1 Å². The lowest BCUT2D eigenvalue weighted by Gasteiger charge is -2.35. The number of sulfone groups is 1. The Morgan fingerprint density at radius 3 is 2.41 bits per heavy atom. The first kappa shape index (κ1) is 22.7. The molecule has 0 bridgehead atoms. The molecule has 0 aliphatic carbocycles. The van der Waals surface area contributed by atoms with E-state index in [1.165, 1.54) is 0 Å². The van der Waals surface area contributed by atoms with Crippen LogP contribution in [0.3, 0.4) is 0 Å². The van der Waals surface area contributed by atoms with Crippen molar-refractivity contribution in [1.29, 1.82) is 0 Å². The second-order valence-corrected chi connectivity index (χ2v) is 11.2. The summed E-state index contributed by atoms with van der Waals surface area (Å²) < 4.78 is 26.3. The molecule has 1 aliphatic heterocycles. The van der Waals surface area contributed by atoms with Gasteiger partial charge in [0.25, 0.3) is 0 Å². The molecular weight excluding hydrogens is 448 g/mol. The molecule has 0 radical (unpaired) electrons. The summed E-state index contributed by atoms with van der Waals surface area (Å²) in [6, 6.07) is 13.3. The molecule has 0 N–H and O–H groups in total. The number of anilines is 1. The fourth-order valence-corrected chi connectivity index (χ4v) is 4.70. The number of hydrogen-bond donors (Lipinski definition) is 0. The molecule has 10 heteroatoms. The van der Waals surface area contributed by atoms with E-state index in [1.54, 1.807) is 30.7 Å². The van der Waals surface area contributed by atoms with E-state index < -0.39 is 15.1 Å². The van der Waals surface area contributed by atoms with Crippen LogP contribution < -0.4 is 4.90 Å². The van der Waals surface area contributed by atoms with Gasteiger partial charge in [-0.3, -0.25) is 4.90 Å². The molecule has 1 aliphatic rings. The number of para-hydroxylation sites is 1. The van der Waals surface area contributed by atoms with Crippen LogP contribution >= 0.6 is 11.6 Å². The van der Waals surface area contributed by atoms with Crippen molar-refractivity contribution in [3.05, 3.63) is 65.1 Å². The van der Waals surface area contributed by atoms with E-state index in [4.69, 9.17) is 11.6 Å². The van der Waals surface area contributed by atoms with E-state index in [-0.39, 0.29) is 5.75 Å². The lowest BCUT2D eigenvalue weighted by molar-refractivity contribution is 0.246. The van der Waals surface area contributed by atoms with Gasteiger partial charge in [0.15, 0.2) is 9.84 Å². The summed E-state index contributed by atoms with van der Waals surface area (Å²) in [5, 5.41) is 8.63. The van der Waals surface area contributed by atoms with E-state index in [2.05, 4.69) is 25.1 Å². The highest BCUT2D eigenvalue weighted by atomic mass is 35.5. The molecule has 0 amide bonds. The Hall–Kier alpha value is -2.49. The quantitative estimate of drug-likeness (QED) is 0.520. The molecule has 3 aromatic rings. The zero-order valence-corrected chi connectivity index (χ0v) is 19.8. The SMILES string of the molecule is CC(C)S(=O)(=O)Cc1ccc(Cl)c(N2CCN(Cc3cn(-c4ccccc4)nn3)CC2)n1. The monoisotopic (exact) mass is 474 g/mol. The van der Waals surface area contributed by atoms with Gasteiger partial charge < -0.3 is 4.90 Å². The Balaban J connectivity index is 1.38. The molecule has 0 spiro atoms. The van der Waals surface area contributed by atoms with Crippen molar-refractivity contribution >= 4 is 27.3 Å². The highest BCUT2D eigenvalue weighted by Crippen LogP contribution is 2.26. The fourth-order valence-electron chi connectivity index (χ4n) is 3.57. The van der Waals surface area contributed by atoms with E-state index >= 15 is 0 Å². The van der Waals surface area contributed by atoms with Crippen LogP contribution in [0.4, 0.5) is 5.82 Å². The third-order valence-electron chi connectivity index (χ3n) is 5.57. The van der Waals surface area contributed by atoms with E-state index in [9.17, 15) is 8.42 Å². The Kier molecular flexibility index (Phi) is 6.78. The topological polar surface area (TPSA) is 84.2 Å². The van der Waals surface area contributed by atoms with Crippen molar-refractivity contribution < 1.29 is 8.42 Å². The van der Waals surface area contributed by atoms with Crippen molar-refractivity contribution in [3.8, 4) is 5.69 Å². The van der Waals surface area contributed by atoms with Crippen LogP contribution in [0.5, 0.6) is 0 Å². The summed E-state index contributed by atoms with van der Waals surface area (Å²) >= 11 is 6.40. The summed E-state index contributed by atoms with van der Waals surface area (Å²) in [6.07, 6.45) is 1.96. The van der Waals surface area contributed by atoms with Crippen molar-refractivity contribution in [2.24, 2.45) is 0 Å². The normalized spacial score (nSPS) is 15.4. The number of aromatic nitrogens is 4. The number of hydrogen-bond acceptors (Lipinski definition) is 7. The molecule has 0 unspecified atom stereocenters. The summed E-state index contributed by atoms with van der Waals surface area (Å²) in [6.45, 7) is 7.23. The molecule has 1 fully saturated rings. The molecule has 0 saturated carbocycles. The van der Waals surface area contributed by atoms with Crippen molar-refractivity contribution in [2.75, 3.05) is 31.1 Å². The van der Waals surface area contributed by atoms with Gasteiger partial charge in [0.1, 0.15) is 5.82 Å². The zero-order valence-electron chi connectivity index (χ0n) is 18.2. The lowest BCUT2D eigenvalue weighted by atomic mass is 10.2. The van der Waals surface area contributed by atoms with E-state index in [1.807, 2.05) is 36.5 Å². The lowest BCUT2D eigenvalue weighted by Crippen LogP contribution is -2.46. The third kappa shape index (κ3) is 5.28. The molecule has 3 heterocycles. The number of pyridine rings is 1. The third-order valence-corrected chi connectivity index (χ3v) is 8.00. The van der Waals surface area contributed by atoms with Crippen LogP contribution in [0.25, 0.3) is 5.69 Å². The molecule has 2 aromatic heterocycles. The Bertz CT molecular complexity index is 1160. The second-order valence-electron chi connectivity index (χ2n) is 8.22. The Labute approximate surface area is 193 Å². The average molecular weight is 475 g/mol. The molecule has 170 valence electrons. The number of rotatable bonds is 7. The fraction of sp³-hybridized carbons (Fsp3) is 0.409. The minimum atomic E-state index is -3.22. The smallest absolute Gasteiger partial charge is 0.158 e. The van der Waals surface area contributed by atoms with Gasteiger partial charge >= 0.3 is 0 Å². The number of benzene rings is 1. The molecule has 1 saturated heterocycles. The van der Waals surface area contributed by atoms with Gasteiger partial charge in [0, 0.05) is 32.7 Å². The van der Waals surface area contributed by atoms with Gasteiger partial charge in [-0.25, -0.2) is 18.1 Å². The Morgan fingerprint density at radius 1 is 1.00 bits per heavy atom. The van der Waals surface area contributed by atoms with Crippen LogP contribution in [-0.4, -0.2) is 64.7 Å². The van der Waals surface area contributed by atoms with Gasteiger partial charge in [-0.2, -0.15) is 0 Å². The molecule has 8 nitrogen and oxygen atoms in total. The van der Waals surface area contributed by atoms with Crippen LogP contribution in [0, 0.1) is 0 Å². The highest BCUT2D eigenvalue weighted by molar-refractivity contribution is 7.91. The summed E-state index contributed by atoms with van der Waals surface area (Å²) in [4.78, 5) is 9.01. The van der Waals surface area contributed by atoms with Crippen LogP contribution in [0.2, 0.25) is 5.02 Å². The molecule has 1 aromatic carbocycles. The molecule has 32 heavy (non-hydrogen) atoms. The van der Waals surface area contributed by atoms with Crippen molar-refractivity contribution in [1.82, 2.24) is 24.9 Å². The second kappa shape index (κ2) is 9.56. The van der Waals surface area contributed by atoms with E-state index in [0.717, 1.165) is 37.6 Å². The first-order valence-electron chi connectivity index (χ1n) is 10.6. The van der Waals surface area contributed by atoms with Gasteiger partial charge in [-0.05, 0) is 38.1 Å². The standard InChI is InChI=1S/C22H27ClN6O2S/c1-17(2)32(30,31)16-18-8-9-21(23)22(24-18)28-12-10-27(11-13-28)14-19-15-29(26-25-19)20-6-4-3-5-7-20/h3-9,15,17H,10-14,16H2,1-2H3. The predicted octanol–water partition coefficient (Wildman–Crippen LogP) is 2.96. The van der Waals surface area contributed by atoms with Crippen LogP contribution in [-0.2, 0) is 22.1 Å². The van der Waals surface area contributed by atoms with Crippen molar-refractivity contribution in [3.63, 3.8) is 0 Å². The molecular formula is C22H27ClN6O2S. The van der Waals surface area contributed by atoms with Gasteiger partial charge in [0.05, 0.1) is 39.3 Å². The average Bonchev–Trinajstić information content (AvgIpc) is 3.24. The molecule has 0 atom stereocenters. The number of nitrogens with zero attached hydrogens (tertiary/aromatic N) is 6. The van der Waals surface area contributed by atoms with Crippen LogP contribution in [0.15, 0.2) is 48.7 Å². The first-order valence-corrected chi connectivity index (χ1v) is 12.7. The maximum Gasteiger partial charge on any atom is 0.158 e.